The quantitative estimate of drug-likeness (QED) is 0.509. The highest BCUT2D eigenvalue weighted by Crippen LogP contribution is 2.49. The predicted octanol–water partition coefficient (Wildman–Crippen LogP) is 6.14. The molecule has 1 saturated heterocycles. The van der Waals surface area contributed by atoms with E-state index in [0.29, 0.717) is 0 Å². The second-order valence-corrected chi connectivity index (χ2v) is 8.24. The summed E-state index contributed by atoms with van der Waals surface area (Å²) in [5, 5.41) is 1.62. The summed E-state index contributed by atoms with van der Waals surface area (Å²) in [6, 6.07) is 6.60. The first-order valence-electron chi connectivity index (χ1n) is 9.15. The van der Waals surface area contributed by atoms with Crippen LogP contribution in [-0.4, -0.2) is 37.9 Å². The Balaban J connectivity index is 1.87. The van der Waals surface area contributed by atoms with Crippen molar-refractivity contribution in [1.29, 1.82) is 0 Å². The Labute approximate surface area is 188 Å². The highest BCUT2D eigenvalue weighted by atomic mass is 35.5. The van der Waals surface area contributed by atoms with Crippen LogP contribution in [0.1, 0.15) is 22.3 Å². The molecule has 0 bridgehead atoms. The number of amides is 1. The summed E-state index contributed by atoms with van der Waals surface area (Å²) in [6.07, 6.45) is -9.71. The fourth-order valence-electron chi connectivity index (χ4n) is 3.65. The summed E-state index contributed by atoms with van der Waals surface area (Å²) in [5.41, 5.74) is -3.05. The molecular formula is C20H15Cl2F7N2O. The van der Waals surface area contributed by atoms with Gasteiger partial charge in [-0.1, -0.05) is 23.2 Å². The lowest BCUT2D eigenvalue weighted by atomic mass is 9.79. The first kappa shape index (κ1) is 24.4. The number of anilines is 1. The topological polar surface area (TPSA) is 32.3 Å². The van der Waals surface area contributed by atoms with Gasteiger partial charge in [-0.25, -0.2) is 4.39 Å². The summed E-state index contributed by atoms with van der Waals surface area (Å²) in [7, 11) is 0. The predicted molar refractivity (Wildman–Crippen MR) is 106 cm³/mol. The molecule has 1 aliphatic rings. The van der Waals surface area contributed by atoms with Crippen LogP contribution in [0.25, 0.3) is 0 Å². The first-order chi connectivity index (χ1) is 14.7. The third-order valence-electron chi connectivity index (χ3n) is 5.24. The maximum atomic E-state index is 14.4. The Kier molecular flexibility index (Phi) is 6.59. The molecule has 1 aliphatic heterocycles. The standard InChI is InChI=1S/C20H15Cl2F7N2O/c21-12-5-11(6-13(22)7-12)18(20(27,28)29)3-4-31(10-18)14-1-2-15(16(23)8-14)17(32)30-9-19(24,25)26/h1-2,5-8H,3-4,9-10H2,(H,30,32). The molecule has 1 N–H and O–H groups in total. The van der Waals surface area contributed by atoms with Gasteiger partial charge in [-0.05, 0) is 48.4 Å². The second-order valence-electron chi connectivity index (χ2n) is 7.37. The van der Waals surface area contributed by atoms with Crippen LogP contribution in [0.5, 0.6) is 0 Å². The molecule has 1 amide bonds. The van der Waals surface area contributed by atoms with Crippen LogP contribution >= 0.6 is 23.2 Å². The number of hydrogen-bond acceptors (Lipinski definition) is 2. The van der Waals surface area contributed by atoms with E-state index in [2.05, 4.69) is 0 Å². The average Bonchev–Trinajstić information content (AvgIpc) is 3.11. The van der Waals surface area contributed by atoms with Crippen molar-refractivity contribution < 1.29 is 35.5 Å². The lowest BCUT2D eigenvalue weighted by Crippen LogP contribution is -2.44. The summed E-state index contributed by atoms with van der Waals surface area (Å²) < 4.78 is 93.6. The van der Waals surface area contributed by atoms with Gasteiger partial charge in [-0.2, -0.15) is 26.3 Å². The van der Waals surface area contributed by atoms with E-state index in [4.69, 9.17) is 23.2 Å². The van der Waals surface area contributed by atoms with Crippen LogP contribution in [0.15, 0.2) is 36.4 Å². The van der Waals surface area contributed by atoms with Crippen LogP contribution in [0.2, 0.25) is 10.0 Å². The van der Waals surface area contributed by atoms with E-state index in [-0.39, 0.29) is 34.3 Å². The minimum Gasteiger partial charge on any atom is -0.370 e. The van der Waals surface area contributed by atoms with Crippen molar-refractivity contribution in [2.75, 3.05) is 24.5 Å². The zero-order valence-corrected chi connectivity index (χ0v) is 17.6. The van der Waals surface area contributed by atoms with E-state index in [1.54, 1.807) is 5.32 Å². The molecule has 32 heavy (non-hydrogen) atoms. The molecule has 0 saturated carbocycles. The molecule has 12 heteroatoms. The normalized spacial score (nSPS) is 19.3. The number of benzene rings is 2. The van der Waals surface area contributed by atoms with Crippen molar-refractivity contribution >= 4 is 34.8 Å². The van der Waals surface area contributed by atoms with Crippen molar-refractivity contribution in [3.8, 4) is 0 Å². The van der Waals surface area contributed by atoms with Crippen LogP contribution in [0, 0.1) is 5.82 Å². The maximum Gasteiger partial charge on any atom is 0.405 e. The summed E-state index contributed by atoms with van der Waals surface area (Å²) in [6.45, 7) is -2.30. The number of carbonyl (C=O) groups is 1. The Bertz CT molecular complexity index is 1010. The molecule has 0 aliphatic carbocycles. The average molecular weight is 503 g/mol. The molecular weight excluding hydrogens is 488 g/mol. The van der Waals surface area contributed by atoms with Crippen LogP contribution in [-0.2, 0) is 5.41 Å². The number of halogens is 9. The molecule has 1 fully saturated rings. The van der Waals surface area contributed by atoms with Crippen molar-refractivity contribution in [2.24, 2.45) is 0 Å². The zero-order chi connectivity index (χ0) is 23.9. The lowest BCUT2D eigenvalue weighted by Gasteiger charge is -2.33. The number of hydrogen-bond donors (Lipinski definition) is 1. The molecule has 3 nitrogen and oxygen atoms in total. The molecule has 1 unspecified atom stereocenters. The van der Waals surface area contributed by atoms with Gasteiger partial charge < -0.3 is 10.2 Å². The number of nitrogens with zero attached hydrogens (tertiary/aromatic N) is 1. The van der Waals surface area contributed by atoms with Crippen molar-refractivity contribution in [1.82, 2.24) is 5.32 Å². The first-order valence-corrected chi connectivity index (χ1v) is 9.90. The number of nitrogens with one attached hydrogen (secondary N) is 1. The molecule has 2 aromatic rings. The fourth-order valence-corrected chi connectivity index (χ4v) is 4.18. The maximum absolute atomic E-state index is 14.4. The van der Waals surface area contributed by atoms with Gasteiger partial charge >= 0.3 is 12.4 Å². The van der Waals surface area contributed by atoms with E-state index in [9.17, 15) is 35.5 Å². The molecule has 0 spiro atoms. The number of alkyl halides is 6. The third-order valence-corrected chi connectivity index (χ3v) is 5.68. The Morgan fingerprint density at radius 1 is 1.03 bits per heavy atom. The van der Waals surface area contributed by atoms with Gasteiger partial charge in [0.15, 0.2) is 0 Å². The third kappa shape index (κ3) is 5.06. The lowest BCUT2D eigenvalue weighted by molar-refractivity contribution is -0.184. The number of carbonyl (C=O) groups excluding carboxylic acids is 1. The second kappa shape index (κ2) is 8.62. The van der Waals surface area contributed by atoms with E-state index < -0.39 is 48.1 Å². The zero-order valence-electron chi connectivity index (χ0n) is 16.0. The largest absolute Gasteiger partial charge is 0.405 e. The molecule has 0 aromatic heterocycles. The highest BCUT2D eigenvalue weighted by molar-refractivity contribution is 6.34. The Hall–Kier alpha value is -2.20. The van der Waals surface area contributed by atoms with Gasteiger partial charge in [-0.15, -0.1) is 0 Å². The summed E-state index contributed by atoms with van der Waals surface area (Å²) in [4.78, 5) is 13.1. The SMILES string of the molecule is O=C(NCC(F)(F)F)c1ccc(N2CCC(c3cc(Cl)cc(Cl)c3)(C(F)(F)F)C2)cc1F. The minimum atomic E-state index is -4.67. The molecule has 3 rings (SSSR count). The van der Waals surface area contributed by atoms with E-state index in [0.717, 1.165) is 12.1 Å². The van der Waals surface area contributed by atoms with Gasteiger partial charge in [0, 0.05) is 28.8 Å². The van der Waals surface area contributed by atoms with Gasteiger partial charge in [0.2, 0.25) is 0 Å². The van der Waals surface area contributed by atoms with E-state index in [1.807, 2.05) is 0 Å². The highest BCUT2D eigenvalue weighted by Gasteiger charge is 2.59. The summed E-state index contributed by atoms with van der Waals surface area (Å²) in [5.74, 6) is -2.44. The van der Waals surface area contributed by atoms with Gasteiger partial charge in [-0.3, -0.25) is 4.79 Å². The van der Waals surface area contributed by atoms with E-state index in [1.165, 1.54) is 29.2 Å². The molecule has 2 aromatic carbocycles. The minimum absolute atomic E-state index is 0.0369. The van der Waals surface area contributed by atoms with Crippen molar-refractivity contribution in [3.05, 3.63) is 63.4 Å². The van der Waals surface area contributed by atoms with Crippen LogP contribution in [0.3, 0.4) is 0 Å². The van der Waals surface area contributed by atoms with Gasteiger partial charge in [0.1, 0.15) is 17.8 Å². The summed E-state index contributed by atoms with van der Waals surface area (Å²) >= 11 is 11.8. The smallest absolute Gasteiger partial charge is 0.370 e. The molecule has 0 radical (unpaired) electrons. The van der Waals surface area contributed by atoms with Crippen LogP contribution in [0.4, 0.5) is 36.4 Å². The fraction of sp³-hybridized carbons (Fsp3) is 0.350. The van der Waals surface area contributed by atoms with E-state index >= 15 is 0 Å². The van der Waals surface area contributed by atoms with Gasteiger partial charge in [0.25, 0.3) is 5.91 Å². The number of rotatable bonds is 4. The molecule has 1 atom stereocenters. The Morgan fingerprint density at radius 2 is 1.66 bits per heavy atom. The Morgan fingerprint density at radius 3 is 2.19 bits per heavy atom. The van der Waals surface area contributed by atoms with Crippen LogP contribution < -0.4 is 10.2 Å². The monoisotopic (exact) mass is 502 g/mol. The molecule has 1 heterocycles. The van der Waals surface area contributed by atoms with Crippen molar-refractivity contribution in [3.63, 3.8) is 0 Å². The van der Waals surface area contributed by atoms with Gasteiger partial charge in [0.05, 0.1) is 5.56 Å². The van der Waals surface area contributed by atoms with Crippen molar-refractivity contribution in [2.45, 2.75) is 24.2 Å². The molecule has 174 valence electrons.